The van der Waals surface area contributed by atoms with E-state index in [0.29, 0.717) is 30.8 Å². The molecule has 2 fully saturated rings. The number of rotatable bonds is 6. The summed E-state index contributed by atoms with van der Waals surface area (Å²) in [6, 6.07) is 13.7. The van der Waals surface area contributed by atoms with Crippen LogP contribution in [0.4, 0.5) is 11.8 Å². The lowest BCUT2D eigenvalue weighted by atomic mass is 9.96. The molecule has 4 heterocycles. The fourth-order valence-electron chi connectivity index (χ4n) is 4.21. The highest BCUT2D eigenvalue weighted by Gasteiger charge is 2.22. The minimum atomic E-state index is 0.408. The summed E-state index contributed by atoms with van der Waals surface area (Å²) in [5.74, 6) is 1.72. The zero-order valence-electron chi connectivity index (χ0n) is 18.5. The maximum absolute atomic E-state index is 8.24. The molecule has 0 radical (unpaired) electrons. The van der Waals surface area contributed by atoms with E-state index in [1.54, 1.807) is 12.3 Å². The van der Waals surface area contributed by atoms with Gasteiger partial charge in [-0.1, -0.05) is 30.3 Å². The number of allylic oxidation sites excluding steroid dienone is 1. The van der Waals surface area contributed by atoms with Gasteiger partial charge in [0.15, 0.2) is 5.82 Å². The first-order chi connectivity index (χ1) is 16.3. The molecule has 3 aromatic rings. The van der Waals surface area contributed by atoms with Crippen molar-refractivity contribution >= 4 is 28.5 Å². The van der Waals surface area contributed by atoms with E-state index in [4.69, 9.17) is 29.8 Å². The number of morpholine rings is 1. The molecule has 8 nitrogen and oxygen atoms in total. The van der Waals surface area contributed by atoms with Crippen molar-refractivity contribution in [2.45, 2.75) is 18.8 Å². The molecule has 33 heavy (non-hydrogen) atoms. The van der Waals surface area contributed by atoms with Gasteiger partial charge in [0.25, 0.3) is 0 Å². The summed E-state index contributed by atoms with van der Waals surface area (Å²) in [5, 5.41) is 11.4. The molecule has 2 N–H and O–H groups in total. The number of fused-ring (bicyclic) bond motifs is 1. The van der Waals surface area contributed by atoms with Crippen LogP contribution in [0, 0.1) is 5.41 Å². The number of benzene rings is 1. The van der Waals surface area contributed by atoms with Crippen molar-refractivity contribution in [2.75, 3.05) is 49.7 Å². The number of nitrogens with zero attached hydrogens (tertiary/aromatic N) is 4. The molecule has 0 spiro atoms. The Kier molecular flexibility index (Phi) is 6.55. The van der Waals surface area contributed by atoms with Gasteiger partial charge in [-0.25, -0.2) is 9.97 Å². The summed E-state index contributed by atoms with van der Waals surface area (Å²) in [4.78, 5) is 16.8. The Hall–Kier alpha value is -3.36. The Bertz CT molecular complexity index is 1140. The average Bonchev–Trinajstić information content (AvgIpc) is 2.89. The lowest BCUT2D eigenvalue weighted by Gasteiger charge is -2.29. The van der Waals surface area contributed by atoms with Gasteiger partial charge in [-0.2, -0.15) is 4.98 Å². The summed E-state index contributed by atoms with van der Waals surface area (Å²) >= 11 is 0. The van der Waals surface area contributed by atoms with Crippen LogP contribution >= 0.6 is 0 Å². The fourth-order valence-corrected chi connectivity index (χ4v) is 4.21. The number of pyridine rings is 1. The molecule has 2 aliphatic rings. The van der Waals surface area contributed by atoms with Crippen LogP contribution in [0.3, 0.4) is 0 Å². The van der Waals surface area contributed by atoms with Gasteiger partial charge in [0, 0.05) is 44.1 Å². The third kappa shape index (κ3) is 5.02. The third-order valence-electron chi connectivity index (χ3n) is 6.04. The van der Waals surface area contributed by atoms with Crippen LogP contribution in [0.15, 0.2) is 54.7 Å². The largest absolute Gasteiger partial charge is 0.381 e. The van der Waals surface area contributed by atoms with Crippen molar-refractivity contribution in [1.82, 2.24) is 15.0 Å². The van der Waals surface area contributed by atoms with E-state index in [-0.39, 0.29) is 0 Å². The number of aromatic nitrogens is 3. The van der Waals surface area contributed by atoms with Crippen molar-refractivity contribution in [3.05, 3.63) is 66.0 Å². The zero-order valence-corrected chi connectivity index (χ0v) is 18.5. The summed E-state index contributed by atoms with van der Waals surface area (Å²) in [7, 11) is 0. The highest BCUT2D eigenvalue weighted by atomic mass is 16.5. The maximum atomic E-state index is 8.24. The zero-order chi connectivity index (χ0) is 22.5. The number of ether oxygens (including phenoxy) is 2. The SMILES string of the molecule is N=C(/C=C\Nc1nc(N2CCOCC2)c2nc(C3CCOCC3)ccc2n1)c1ccccc1. The highest BCUT2D eigenvalue weighted by Crippen LogP contribution is 2.30. The van der Waals surface area contributed by atoms with E-state index in [0.717, 1.165) is 67.3 Å². The molecule has 1 aromatic carbocycles. The summed E-state index contributed by atoms with van der Waals surface area (Å²) in [5.41, 5.74) is 3.98. The van der Waals surface area contributed by atoms with Crippen LogP contribution in [0.1, 0.15) is 30.0 Å². The second kappa shape index (κ2) is 10.1. The molecule has 0 aliphatic carbocycles. The van der Waals surface area contributed by atoms with Gasteiger partial charge >= 0.3 is 0 Å². The van der Waals surface area contributed by atoms with Gasteiger partial charge in [-0.3, -0.25) is 0 Å². The highest BCUT2D eigenvalue weighted by molar-refractivity contribution is 6.06. The van der Waals surface area contributed by atoms with Crippen molar-refractivity contribution in [3.8, 4) is 0 Å². The summed E-state index contributed by atoms with van der Waals surface area (Å²) in [6.45, 7) is 4.44. The van der Waals surface area contributed by atoms with Crippen LogP contribution in [0.2, 0.25) is 0 Å². The van der Waals surface area contributed by atoms with E-state index < -0.39 is 0 Å². The molecule has 0 saturated carbocycles. The Balaban J connectivity index is 1.44. The van der Waals surface area contributed by atoms with Gasteiger partial charge in [0.2, 0.25) is 5.95 Å². The van der Waals surface area contributed by atoms with Crippen LogP contribution in [-0.2, 0) is 9.47 Å². The minimum Gasteiger partial charge on any atom is -0.381 e. The number of anilines is 2. The van der Waals surface area contributed by atoms with Crippen molar-refractivity contribution in [1.29, 1.82) is 5.41 Å². The van der Waals surface area contributed by atoms with Crippen LogP contribution in [0.25, 0.3) is 11.0 Å². The first-order valence-electron chi connectivity index (χ1n) is 11.4. The first kappa shape index (κ1) is 21.5. The predicted octanol–water partition coefficient (Wildman–Crippen LogP) is 3.75. The van der Waals surface area contributed by atoms with Gasteiger partial charge in [0.1, 0.15) is 5.52 Å². The molecule has 5 rings (SSSR count). The first-order valence-corrected chi connectivity index (χ1v) is 11.4. The van der Waals surface area contributed by atoms with Crippen LogP contribution < -0.4 is 10.2 Å². The van der Waals surface area contributed by atoms with Gasteiger partial charge < -0.3 is 25.1 Å². The average molecular weight is 445 g/mol. The number of hydrogen-bond donors (Lipinski definition) is 2. The molecule has 8 heteroatoms. The molecule has 0 atom stereocenters. The second-order valence-electron chi connectivity index (χ2n) is 8.22. The smallest absolute Gasteiger partial charge is 0.229 e. The van der Waals surface area contributed by atoms with E-state index in [9.17, 15) is 0 Å². The Labute approximate surface area is 193 Å². The van der Waals surface area contributed by atoms with Crippen molar-refractivity contribution < 1.29 is 9.47 Å². The van der Waals surface area contributed by atoms with Crippen molar-refractivity contribution in [3.63, 3.8) is 0 Å². The van der Waals surface area contributed by atoms with Gasteiger partial charge in [-0.15, -0.1) is 0 Å². The van der Waals surface area contributed by atoms with Gasteiger partial charge in [0.05, 0.1) is 24.4 Å². The van der Waals surface area contributed by atoms with Crippen molar-refractivity contribution in [2.24, 2.45) is 0 Å². The lowest BCUT2D eigenvalue weighted by Crippen LogP contribution is -2.37. The number of hydrogen-bond acceptors (Lipinski definition) is 8. The summed E-state index contributed by atoms with van der Waals surface area (Å²) < 4.78 is 11.1. The number of nitrogens with one attached hydrogen (secondary N) is 2. The van der Waals surface area contributed by atoms with Crippen LogP contribution in [0.5, 0.6) is 0 Å². The molecule has 0 unspecified atom stereocenters. The Morgan fingerprint density at radius 1 is 0.939 bits per heavy atom. The maximum Gasteiger partial charge on any atom is 0.229 e. The quantitative estimate of drug-likeness (QED) is 0.559. The normalized spacial score (nSPS) is 17.5. The van der Waals surface area contributed by atoms with E-state index in [2.05, 4.69) is 16.3 Å². The van der Waals surface area contributed by atoms with Crippen LogP contribution in [-0.4, -0.2) is 60.2 Å². The van der Waals surface area contributed by atoms with E-state index in [1.807, 2.05) is 36.4 Å². The standard InChI is InChI=1S/C25H28N6O2/c26-20(18-4-2-1-3-5-18)8-11-27-25-29-22-7-6-21(19-9-14-32-15-10-19)28-23(22)24(30-25)31-12-16-33-17-13-31/h1-8,11,19,26H,9-10,12-17H2,(H,27,29,30)/b11-8-,26-20?. The summed E-state index contributed by atoms with van der Waals surface area (Å²) in [6.07, 6.45) is 5.40. The molecular formula is C25H28N6O2. The minimum absolute atomic E-state index is 0.408. The molecule has 2 saturated heterocycles. The second-order valence-corrected chi connectivity index (χ2v) is 8.22. The Morgan fingerprint density at radius 2 is 1.70 bits per heavy atom. The topological polar surface area (TPSA) is 96.3 Å². The molecular weight excluding hydrogens is 416 g/mol. The van der Waals surface area contributed by atoms with Gasteiger partial charge in [-0.05, 0) is 36.6 Å². The lowest BCUT2D eigenvalue weighted by molar-refractivity contribution is 0.0845. The molecule has 0 bridgehead atoms. The fraction of sp³-hybridized carbons (Fsp3) is 0.360. The monoisotopic (exact) mass is 444 g/mol. The third-order valence-corrected chi connectivity index (χ3v) is 6.04. The molecule has 2 aliphatic heterocycles. The van der Waals surface area contributed by atoms with E-state index in [1.165, 1.54) is 0 Å². The Morgan fingerprint density at radius 3 is 2.48 bits per heavy atom. The molecule has 170 valence electrons. The predicted molar refractivity (Wildman–Crippen MR) is 129 cm³/mol. The molecule has 2 aromatic heterocycles. The molecule has 0 amide bonds. The van der Waals surface area contributed by atoms with E-state index >= 15 is 0 Å².